The zero-order chi connectivity index (χ0) is 15.8. The Morgan fingerprint density at radius 3 is 2.52 bits per heavy atom. The molecule has 21 heavy (non-hydrogen) atoms. The Balaban J connectivity index is 2.62. The van der Waals surface area contributed by atoms with Crippen molar-refractivity contribution in [2.45, 2.75) is 13.5 Å². The van der Waals surface area contributed by atoms with Crippen LogP contribution in [0.5, 0.6) is 0 Å². The molecule has 0 saturated carbocycles. The van der Waals surface area contributed by atoms with E-state index in [0.29, 0.717) is 22.2 Å². The second-order valence-electron chi connectivity index (χ2n) is 4.73. The second kappa shape index (κ2) is 5.21. The van der Waals surface area contributed by atoms with E-state index in [-0.39, 0.29) is 12.3 Å². The third kappa shape index (κ3) is 3.40. The Hall–Kier alpha value is -2.35. The first-order valence-corrected chi connectivity index (χ1v) is 7.90. The van der Waals surface area contributed by atoms with Gasteiger partial charge in [0.15, 0.2) is 5.78 Å². The van der Waals surface area contributed by atoms with Crippen molar-refractivity contribution in [3.63, 3.8) is 0 Å². The molecule has 0 aliphatic heterocycles. The lowest BCUT2D eigenvalue weighted by Gasteiger charge is -2.05. The quantitative estimate of drug-likeness (QED) is 0.810. The number of aliphatic carboxylic acids is 1. The Labute approximate surface area is 121 Å². The lowest BCUT2D eigenvalue weighted by molar-refractivity contribution is -0.137. The van der Waals surface area contributed by atoms with Gasteiger partial charge in [-0.3, -0.25) is 14.3 Å². The molecule has 2 rings (SSSR count). The maximum Gasteiger partial charge on any atom is 0.323 e. The van der Waals surface area contributed by atoms with Crippen LogP contribution in [0, 0.1) is 0 Å². The van der Waals surface area contributed by atoms with E-state index in [1.165, 1.54) is 29.8 Å². The Bertz CT molecular complexity index is 836. The number of carbonyl (C=O) groups excluding carboxylic acids is 1. The maximum absolute atomic E-state index is 11.7. The molecule has 0 bridgehead atoms. The van der Waals surface area contributed by atoms with Crippen molar-refractivity contribution in [1.82, 2.24) is 4.57 Å². The molecular weight excluding hydrogens is 296 g/mol. The lowest BCUT2D eigenvalue weighted by Crippen LogP contribution is -2.09. The van der Waals surface area contributed by atoms with Gasteiger partial charge in [-0.25, -0.2) is 8.42 Å². The molecule has 0 fully saturated rings. The molecule has 8 heteroatoms. The van der Waals surface area contributed by atoms with Crippen molar-refractivity contribution in [1.29, 1.82) is 0 Å². The molecular formula is C13H14N2O5S. The van der Waals surface area contributed by atoms with E-state index < -0.39 is 16.0 Å². The van der Waals surface area contributed by atoms with Crippen LogP contribution in [0.25, 0.3) is 10.9 Å². The number of carboxylic acid groups (broad SMARTS) is 1. The van der Waals surface area contributed by atoms with Gasteiger partial charge >= 0.3 is 5.97 Å². The standard InChI is InChI=1S/C13H14N2O5S/c1-8(16)11-6-15(7-13(17)18)12-4-3-9(5-10(11)12)14-21(2,19)20/h3-6,14H,7H2,1-2H3,(H,17,18). The highest BCUT2D eigenvalue weighted by Gasteiger charge is 2.15. The van der Waals surface area contributed by atoms with Crippen LogP contribution in [0.3, 0.4) is 0 Å². The molecule has 0 spiro atoms. The first-order valence-electron chi connectivity index (χ1n) is 6.01. The van der Waals surface area contributed by atoms with Gasteiger partial charge in [-0.2, -0.15) is 0 Å². The zero-order valence-corrected chi connectivity index (χ0v) is 12.3. The van der Waals surface area contributed by atoms with Gasteiger partial charge in [-0.15, -0.1) is 0 Å². The van der Waals surface area contributed by atoms with Crippen molar-refractivity contribution >= 4 is 38.4 Å². The highest BCUT2D eigenvalue weighted by atomic mass is 32.2. The van der Waals surface area contributed by atoms with Crippen LogP contribution in [-0.4, -0.2) is 36.1 Å². The summed E-state index contributed by atoms with van der Waals surface area (Å²) in [5, 5.41) is 9.40. The highest BCUT2D eigenvalue weighted by Crippen LogP contribution is 2.26. The molecule has 2 aromatic rings. The van der Waals surface area contributed by atoms with Gasteiger partial charge in [0, 0.05) is 28.4 Å². The normalized spacial score (nSPS) is 11.5. The molecule has 0 aliphatic rings. The SMILES string of the molecule is CC(=O)c1cn(CC(=O)O)c2ccc(NS(C)(=O)=O)cc12. The molecule has 1 heterocycles. The van der Waals surface area contributed by atoms with E-state index in [4.69, 9.17) is 5.11 Å². The fraction of sp³-hybridized carbons (Fsp3) is 0.231. The molecule has 0 radical (unpaired) electrons. The van der Waals surface area contributed by atoms with Crippen molar-refractivity contribution in [2.24, 2.45) is 0 Å². The molecule has 112 valence electrons. The monoisotopic (exact) mass is 310 g/mol. The topological polar surface area (TPSA) is 105 Å². The van der Waals surface area contributed by atoms with Gasteiger partial charge < -0.3 is 9.67 Å². The van der Waals surface area contributed by atoms with Crippen LogP contribution in [0.15, 0.2) is 24.4 Å². The van der Waals surface area contributed by atoms with Gasteiger partial charge in [-0.1, -0.05) is 0 Å². The van der Waals surface area contributed by atoms with E-state index in [2.05, 4.69) is 4.72 Å². The maximum atomic E-state index is 11.7. The summed E-state index contributed by atoms with van der Waals surface area (Å²) in [5.74, 6) is -1.25. The molecule has 0 unspecified atom stereocenters. The Kier molecular flexibility index (Phi) is 3.73. The minimum atomic E-state index is -3.43. The van der Waals surface area contributed by atoms with Crippen LogP contribution < -0.4 is 4.72 Å². The fourth-order valence-electron chi connectivity index (χ4n) is 2.13. The predicted molar refractivity (Wildman–Crippen MR) is 78.0 cm³/mol. The summed E-state index contributed by atoms with van der Waals surface area (Å²) in [6, 6.07) is 4.62. The van der Waals surface area contributed by atoms with Crippen LogP contribution in [0.1, 0.15) is 17.3 Å². The number of Topliss-reactive ketones (excluding diaryl/α,β-unsaturated/α-hetero) is 1. The predicted octanol–water partition coefficient (Wildman–Crippen LogP) is 1.30. The Morgan fingerprint density at radius 1 is 1.33 bits per heavy atom. The third-order valence-corrected chi connectivity index (χ3v) is 3.48. The van der Waals surface area contributed by atoms with Crippen molar-refractivity contribution in [2.75, 3.05) is 11.0 Å². The summed E-state index contributed by atoms with van der Waals surface area (Å²) < 4.78 is 26.3. The summed E-state index contributed by atoms with van der Waals surface area (Å²) in [5.41, 5.74) is 1.23. The number of hydrogen-bond acceptors (Lipinski definition) is 4. The summed E-state index contributed by atoms with van der Waals surface area (Å²) in [7, 11) is -3.43. The van der Waals surface area contributed by atoms with Crippen molar-refractivity contribution in [3.05, 3.63) is 30.0 Å². The summed E-state index contributed by atoms with van der Waals surface area (Å²) in [6.45, 7) is 1.10. The minimum absolute atomic E-state index is 0.222. The zero-order valence-electron chi connectivity index (χ0n) is 11.5. The number of nitrogens with one attached hydrogen (secondary N) is 1. The molecule has 2 N–H and O–H groups in total. The second-order valence-corrected chi connectivity index (χ2v) is 6.48. The molecule has 7 nitrogen and oxygen atoms in total. The van der Waals surface area contributed by atoms with Crippen LogP contribution >= 0.6 is 0 Å². The largest absolute Gasteiger partial charge is 0.480 e. The van der Waals surface area contributed by atoms with E-state index >= 15 is 0 Å². The van der Waals surface area contributed by atoms with Crippen LogP contribution in [0.4, 0.5) is 5.69 Å². The molecule has 0 aliphatic carbocycles. The summed E-state index contributed by atoms with van der Waals surface area (Å²) >= 11 is 0. The van der Waals surface area contributed by atoms with Gasteiger partial charge in [-0.05, 0) is 25.1 Å². The van der Waals surface area contributed by atoms with E-state index in [0.717, 1.165) is 6.26 Å². The lowest BCUT2D eigenvalue weighted by atomic mass is 10.1. The number of nitrogens with zero attached hydrogens (tertiary/aromatic N) is 1. The van der Waals surface area contributed by atoms with Crippen molar-refractivity contribution in [3.8, 4) is 0 Å². The van der Waals surface area contributed by atoms with Gasteiger partial charge in [0.25, 0.3) is 0 Å². The van der Waals surface area contributed by atoms with Gasteiger partial charge in [0.05, 0.1) is 6.26 Å². The minimum Gasteiger partial charge on any atom is -0.480 e. The van der Waals surface area contributed by atoms with Crippen LogP contribution in [0.2, 0.25) is 0 Å². The first-order chi connectivity index (χ1) is 9.67. The molecule has 1 aromatic heterocycles. The number of rotatable bonds is 5. The number of anilines is 1. The fourth-order valence-corrected chi connectivity index (χ4v) is 2.69. The number of sulfonamides is 1. The number of aromatic nitrogens is 1. The molecule has 0 saturated heterocycles. The molecule has 0 amide bonds. The number of carboxylic acids is 1. The third-order valence-electron chi connectivity index (χ3n) is 2.87. The number of ketones is 1. The van der Waals surface area contributed by atoms with E-state index in [1.807, 2.05) is 0 Å². The summed E-state index contributed by atoms with van der Waals surface area (Å²) in [6.07, 6.45) is 2.49. The first kappa shape index (κ1) is 15.0. The van der Waals surface area contributed by atoms with Crippen molar-refractivity contribution < 1.29 is 23.1 Å². The van der Waals surface area contributed by atoms with Crippen LogP contribution in [-0.2, 0) is 21.4 Å². The number of benzene rings is 1. The average molecular weight is 310 g/mol. The smallest absolute Gasteiger partial charge is 0.323 e. The highest BCUT2D eigenvalue weighted by molar-refractivity contribution is 7.92. The summed E-state index contributed by atoms with van der Waals surface area (Å²) in [4.78, 5) is 22.5. The van der Waals surface area contributed by atoms with E-state index in [9.17, 15) is 18.0 Å². The molecule has 1 aromatic carbocycles. The number of carbonyl (C=O) groups is 2. The molecule has 0 atom stereocenters. The van der Waals surface area contributed by atoms with Gasteiger partial charge in [0.2, 0.25) is 10.0 Å². The van der Waals surface area contributed by atoms with Gasteiger partial charge in [0.1, 0.15) is 6.54 Å². The number of fused-ring (bicyclic) bond motifs is 1. The van der Waals surface area contributed by atoms with E-state index in [1.54, 1.807) is 6.07 Å². The number of hydrogen-bond donors (Lipinski definition) is 2. The Morgan fingerprint density at radius 2 is 2.00 bits per heavy atom. The average Bonchev–Trinajstić information content (AvgIpc) is 2.64.